The molecule has 1 N–H and O–H groups in total. The first-order valence-corrected chi connectivity index (χ1v) is 9.61. The van der Waals surface area contributed by atoms with Gasteiger partial charge in [-0.1, -0.05) is 25.5 Å². The predicted molar refractivity (Wildman–Crippen MR) is 91.6 cm³/mol. The maximum absolute atomic E-state index is 12.4. The van der Waals surface area contributed by atoms with Gasteiger partial charge in [0.05, 0.1) is 18.1 Å². The van der Waals surface area contributed by atoms with Crippen molar-refractivity contribution in [1.82, 2.24) is 0 Å². The van der Waals surface area contributed by atoms with Crippen LogP contribution in [0.15, 0.2) is 23.8 Å². The van der Waals surface area contributed by atoms with E-state index in [1.807, 2.05) is 6.08 Å². The summed E-state index contributed by atoms with van der Waals surface area (Å²) in [5.41, 5.74) is 0.791. The van der Waals surface area contributed by atoms with Crippen LogP contribution in [0.1, 0.15) is 39.5 Å². The number of allylic oxidation sites excluding steroid dienone is 4. The Morgan fingerprint density at radius 2 is 2.08 bits per heavy atom. The number of rotatable bonds is 0. The lowest BCUT2D eigenvalue weighted by Gasteiger charge is -2.58. The number of hydrogen-bond acceptors (Lipinski definition) is 4. The van der Waals surface area contributed by atoms with Gasteiger partial charge in [-0.05, 0) is 55.1 Å². The van der Waals surface area contributed by atoms with E-state index in [0.717, 1.165) is 19.3 Å². The van der Waals surface area contributed by atoms with Gasteiger partial charge in [-0.3, -0.25) is 9.59 Å². The maximum Gasteiger partial charge on any atom is 0.178 e. The molecule has 1 saturated heterocycles. The molecule has 0 spiro atoms. The van der Waals surface area contributed by atoms with Crippen LogP contribution in [0.2, 0.25) is 0 Å². The van der Waals surface area contributed by atoms with Crippen LogP contribution in [0.4, 0.5) is 0 Å². The molecule has 0 radical (unpaired) electrons. The number of aliphatic hydroxyl groups is 1. The molecule has 0 aromatic rings. The van der Waals surface area contributed by atoms with E-state index in [0.29, 0.717) is 18.3 Å². The molecule has 0 aromatic carbocycles. The van der Waals surface area contributed by atoms with Gasteiger partial charge >= 0.3 is 0 Å². The number of aliphatic hydroxyl groups excluding tert-OH is 1. The van der Waals surface area contributed by atoms with Crippen LogP contribution in [0.5, 0.6) is 0 Å². The molecule has 134 valence electrons. The Morgan fingerprint density at radius 1 is 1.28 bits per heavy atom. The van der Waals surface area contributed by atoms with Gasteiger partial charge in [0, 0.05) is 11.3 Å². The summed E-state index contributed by atoms with van der Waals surface area (Å²) in [6.45, 7) is 4.64. The molecule has 5 aliphatic rings. The molecular weight excluding hydrogens is 316 g/mol. The zero-order valence-electron chi connectivity index (χ0n) is 14.9. The molecule has 1 aliphatic heterocycles. The van der Waals surface area contributed by atoms with E-state index in [1.54, 1.807) is 12.2 Å². The van der Waals surface area contributed by atoms with Gasteiger partial charge in [-0.2, -0.15) is 0 Å². The Labute approximate surface area is 148 Å². The number of fused-ring (bicyclic) bond motifs is 7. The molecule has 8 atom stereocenters. The number of carbonyl (C=O) groups excluding carboxylic acids is 2. The van der Waals surface area contributed by atoms with Crippen LogP contribution in [0, 0.1) is 34.5 Å². The second-order valence-corrected chi connectivity index (χ2v) is 9.33. The molecule has 4 nitrogen and oxygen atoms in total. The highest BCUT2D eigenvalue weighted by Crippen LogP contribution is 2.67. The Balaban J connectivity index is 1.56. The van der Waals surface area contributed by atoms with Gasteiger partial charge in [-0.15, -0.1) is 0 Å². The molecule has 4 heteroatoms. The lowest BCUT2D eigenvalue weighted by molar-refractivity contribution is -0.136. The molecular formula is C21H26O4. The summed E-state index contributed by atoms with van der Waals surface area (Å²) in [5.74, 6) is 1.19. The number of carbonyl (C=O) groups is 2. The molecule has 0 aromatic heterocycles. The first kappa shape index (κ1) is 16.0. The van der Waals surface area contributed by atoms with Gasteiger partial charge < -0.3 is 9.84 Å². The minimum atomic E-state index is -0.440. The van der Waals surface area contributed by atoms with Crippen molar-refractivity contribution in [3.8, 4) is 0 Å². The fraction of sp³-hybridized carbons (Fsp3) is 0.714. The predicted octanol–water partition coefficient (Wildman–Crippen LogP) is 2.46. The van der Waals surface area contributed by atoms with E-state index in [-0.39, 0.29) is 46.9 Å². The van der Waals surface area contributed by atoms with E-state index < -0.39 is 6.10 Å². The fourth-order valence-corrected chi connectivity index (χ4v) is 7.34. The lowest BCUT2D eigenvalue weighted by Crippen LogP contribution is -2.56. The first-order chi connectivity index (χ1) is 11.8. The zero-order valence-corrected chi connectivity index (χ0v) is 14.9. The topological polar surface area (TPSA) is 63.6 Å². The third kappa shape index (κ3) is 1.90. The van der Waals surface area contributed by atoms with Gasteiger partial charge in [-0.25, -0.2) is 0 Å². The Kier molecular flexibility index (Phi) is 3.14. The number of ether oxygens (including phenoxy) is 1. The summed E-state index contributed by atoms with van der Waals surface area (Å²) in [7, 11) is 0. The fourth-order valence-electron chi connectivity index (χ4n) is 7.34. The molecule has 5 rings (SSSR count). The molecule has 0 amide bonds. The number of ketones is 2. The monoisotopic (exact) mass is 342 g/mol. The van der Waals surface area contributed by atoms with Crippen molar-refractivity contribution < 1.29 is 19.4 Å². The van der Waals surface area contributed by atoms with E-state index in [2.05, 4.69) is 13.8 Å². The van der Waals surface area contributed by atoms with Crippen molar-refractivity contribution in [3.63, 3.8) is 0 Å². The molecule has 4 fully saturated rings. The molecule has 4 aliphatic carbocycles. The number of hydrogen-bond donors (Lipinski definition) is 1. The van der Waals surface area contributed by atoms with Gasteiger partial charge in [0.1, 0.15) is 6.61 Å². The van der Waals surface area contributed by atoms with Crippen LogP contribution in [0.3, 0.4) is 0 Å². The summed E-state index contributed by atoms with van der Waals surface area (Å²) in [5, 5.41) is 11.2. The minimum absolute atomic E-state index is 0.0404. The van der Waals surface area contributed by atoms with Crippen molar-refractivity contribution in [2.75, 3.05) is 6.61 Å². The Bertz CT molecular complexity index is 721. The summed E-state index contributed by atoms with van der Waals surface area (Å²) < 4.78 is 5.81. The lowest BCUT2D eigenvalue weighted by atomic mass is 9.46. The van der Waals surface area contributed by atoms with Crippen molar-refractivity contribution >= 4 is 11.6 Å². The summed E-state index contributed by atoms with van der Waals surface area (Å²) in [6, 6.07) is 0. The normalized spacial score (nSPS) is 53.8. The summed E-state index contributed by atoms with van der Waals surface area (Å²) >= 11 is 0. The van der Waals surface area contributed by atoms with Crippen LogP contribution < -0.4 is 0 Å². The molecule has 1 heterocycles. The molecule has 3 saturated carbocycles. The highest BCUT2D eigenvalue weighted by atomic mass is 16.5. The van der Waals surface area contributed by atoms with Crippen molar-refractivity contribution in [2.24, 2.45) is 34.5 Å². The standard InChI is InChI=1S/C21H26O4/c1-20-6-5-12(22)7-11(20)3-4-13-14-8-17-19(16(24)10-25-17)21(14,2)9-15(23)18(13)20/h5-7,13-15,17-19,23H,3-4,8-10H2,1-2H3/t13-,14-,15-,17?,18+,19?,20-,21-/m0/s1. The maximum atomic E-state index is 12.4. The van der Waals surface area contributed by atoms with Crippen LogP contribution in [0.25, 0.3) is 0 Å². The van der Waals surface area contributed by atoms with E-state index >= 15 is 0 Å². The SMILES string of the molecule is C[C@]12C=CC(=O)C=C1CC[C@@H]1[C@@H]2[C@@H](O)C[C@]2(C)C3C(=O)COC3C[C@@H]12. The highest BCUT2D eigenvalue weighted by molar-refractivity contribution is 6.01. The first-order valence-electron chi connectivity index (χ1n) is 9.61. The third-order valence-corrected chi connectivity index (χ3v) is 8.29. The Morgan fingerprint density at radius 3 is 2.88 bits per heavy atom. The van der Waals surface area contributed by atoms with Crippen LogP contribution in [-0.4, -0.2) is 35.5 Å². The number of Topliss-reactive ketones (excluding diaryl/α,β-unsaturated/α-hetero) is 1. The van der Waals surface area contributed by atoms with E-state index in [4.69, 9.17) is 4.74 Å². The average molecular weight is 342 g/mol. The molecule has 2 unspecified atom stereocenters. The van der Waals surface area contributed by atoms with E-state index in [1.165, 1.54) is 5.57 Å². The van der Waals surface area contributed by atoms with Gasteiger partial charge in [0.15, 0.2) is 11.6 Å². The zero-order chi connectivity index (χ0) is 17.6. The Hall–Kier alpha value is -1.26. The summed E-state index contributed by atoms with van der Waals surface area (Å²) in [4.78, 5) is 24.3. The minimum Gasteiger partial charge on any atom is -0.393 e. The van der Waals surface area contributed by atoms with Crippen molar-refractivity contribution in [3.05, 3.63) is 23.8 Å². The van der Waals surface area contributed by atoms with Crippen molar-refractivity contribution in [1.29, 1.82) is 0 Å². The quantitative estimate of drug-likeness (QED) is 0.734. The summed E-state index contributed by atoms with van der Waals surface area (Å²) in [6.07, 6.45) is 8.61. The van der Waals surface area contributed by atoms with E-state index in [9.17, 15) is 14.7 Å². The largest absolute Gasteiger partial charge is 0.393 e. The molecule has 0 bridgehead atoms. The second kappa shape index (κ2) is 4.92. The van der Waals surface area contributed by atoms with Crippen LogP contribution >= 0.6 is 0 Å². The highest BCUT2D eigenvalue weighted by Gasteiger charge is 2.66. The van der Waals surface area contributed by atoms with Gasteiger partial charge in [0.2, 0.25) is 0 Å². The molecule has 25 heavy (non-hydrogen) atoms. The average Bonchev–Trinajstić information content (AvgIpc) is 3.06. The third-order valence-electron chi connectivity index (χ3n) is 8.29. The second-order valence-electron chi connectivity index (χ2n) is 9.33. The smallest absolute Gasteiger partial charge is 0.178 e. The van der Waals surface area contributed by atoms with Crippen LogP contribution in [-0.2, 0) is 14.3 Å². The van der Waals surface area contributed by atoms with Crippen molar-refractivity contribution in [2.45, 2.75) is 51.7 Å². The van der Waals surface area contributed by atoms with Gasteiger partial charge in [0.25, 0.3) is 0 Å².